The quantitative estimate of drug-likeness (QED) is 0.616. The summed E-state index contributed by atoms with van der Waals surface area (Å²) in [5.41, 5.74) is 1.08. The van der Waals surface area contributed by atoms with Crippen molar-refractivity contribution in [2.75, 3.05) is 13.2 Å². The first-order chi connectivity index (χ1) is 13.5. The molecular formula is C25H42O4. The van der Waals surface area contributed by atoms with E-state index in [1.165, 1.54) is 5.57 Å². The molecule has 166 valence electrons. The Bertz CT molecular complexity index is 672. The van der Waals surface area contributed by atoms with Crippen molar-refractivity contribution in [2.45, 2.75) is 97.4 Å². The zero-order valence-corrected chi connectivity index (χ0v) is 19.1. The van der Waals surface area contributed by atoms with Crippen molar-refractivity contribution >= 4 is 0 Å². The van der Waals surface area contributed by atoms with E-state index in [1.54, 1.807) is 0 Å². The fraction of sp³-hybridized carbons (Fsp3) is 0.920. The van der Waals surface area contributed by atoms with E-state index in [0.717, 1.165) is 44.9 Å². The highest BCUT2D eigenvalue weighted by atomic mass is 16.5. The Kier molecular flexibility index (Phi) is 5.30. The molecule has 4 nitrogen and oxygen atoms in total. The Morgan fingerprint density at radius 1 is 1.10 bits per heavy atom. The average molecular weight is 407 g/mol. The van der Waals surface area contributed by atoms with Gasteiger partial charge in [0.1, 0.15) is 0 Å². The molecule has 0 amide bonds. The van der Waals surface area contributed by atoms with Gasteiger partial charge in [0.25, 0.3) is 0 Å². The van der Waals surface area contributed by atoms with Crippen molar-refractivity contribution < 1.29 is 20.1 Å². The molecule has 4 aliphatic rings. The van der Waals surface area contributed by atoms with Crippen molar-refractivity contribution in [1.82, 2.24) is 0 Å². The Morgan fingerprint density at radius 2 is 1.83 bits per heavy atom. The summed E-state index contributed by atoms with van der Waals surface area (Å²) in [4.78, 5) is 0. The van der Waals surface area contributed by atoms with Crippen molar-refractivity contribution in [3.63, 3.8) is 0 Å². The molecule has 0 aromatic heterocycles. The van der Waals surface area contributed by atoms with E-state index < -0.39 is 0 Å². The van der Waals surface area contributed by atoms with Crippen molar-refractivity contribution in [3.8, 4) is 0 Å². The normalized spacial score (nSPS) is 49.8. The maximum absolute atomic E-state index is 11.7. The highest BCUT2D eigenvalue weighted by Crippen LogP contribution is 2.73. The van der Waals surface area contributed by atoms with Crippen LogP contribution >= 0.6 is 0 Å². The molecule has 0 heterocycles. The summed E-state index contributed by atoms with van der Waals surface area (Å²) < 4.78 is 6.12. The largest absolute Gasteiger partial charge is 0.394 e. The fourth-order valence-electron chi connectivity index (χ4n) is 8.54. The first kappa shape index (κ1) is 21.8. The van der Waals surface area contributed by atoms with Crippen LogP contribution in [-0.4, -0.2) is 46.3 Å². The van der Waals surface area contributed by atoms with Crippen molar-refractivity contribution in [1.29, 1.82) is 0 Å². The Labute approximate surface area is 176 Å². The van der Waals surface area contributed by atoms with E-state index in [0.29, 0.717) is 18.4 Å². The molecule has 3 saturated carbocycles. The second kappa shape index (κ2) is 7.05. The Hall–Kier alpha value is -0.420. The van der Waals surface area contributed by atoms with Gasteiger partial charge >= 0.3 is 0 Å². The second-order valence-corrected chi connectivity index (χ2v) is 11.7. The lowest BCUT2D eigenvalue weighted by atomic mass is 9.41. The molecule has 4 rings (SSSR count). The van der Waals surface area contributed by atoms with Crippen LogP contribution in [0.15, 0.2) is 11.6 Å². The van der Waals surface area contributed by atoms with E-state index in [-0.39, 0.29) is 46.6 Å². The summed E-state index contributed by atoms with van der Waals surface area (Å²) in [6, 6.07) is 0. The van der Waals surface area contributed by atoms with Gasteiger partial charge in [0, 0.05) is 5.41 Å². The van der Waals surface area contributed by atoms with E-state index in [4.69, 9.17) is 4.74 Å². The third-order valence-corrected chi connectivity index (χ3v) is 10.4. The van der Waals surface area contributed by atoms with Gasteiger partial charge in [-0.2, -0.15) is 0 Å². The van der Waals surface area contributed by atoms with E-state index >= 15 is 0 Å². The molecule has 3 fully saturated rings. The maximum atomic E-state index is 11.7. The highest BCUT2D eigenvalue weighted by Gasteiger charge is 2.69. The van der Waals surface area contributed by atoms with Crippen LogP contribution < -0.4 is 0 Å². The van der Waals surface area contributed by atoms with E-state index in [9.17, 15) is 15.3 Å². The zero-order chi connectivity index (χ0) is 21.2. The molecule has 0 aromatic rings. The number of fused-ring (bicyclic) bond motifs is 5. The van der Waals surface area contributed by atoms with E-state index in [2.05, 4.69) is 40.7 Å². The summed E-state index contributed by atoms with van der Waals surface area (Å²) in [6.45, 7) is 11.8. The van der Waals surface area contributed by atoms with Crippen LogP contribution in [0.3, 0.4) is 0 Å². The standard InChI is InChI=1S/C25H42O4/c1-22(2,29-13-12-26)20-9-11-24(4)18-7-6-16-14-17(27)8-10-23(16,3)19(18)15-21(28)25(20,24)5/h6,17-21,26-28H,7-15H2,1-5H3/t17-,18?,19?,20?,21+,23-,24+,25-/m0/s1. The molecule has 0 saturated heterocycles. The van der Waals surface area contributed by atoms with Crippen LogP contribution in [0.2, 0.25) is 0 Å². The Balaban J connectivity index is 1.70. The average Bonchev–Trinajstić information content (AvgIpc) is 2.95. The lowest BCUT2D eigenvalue weighted by Crippen LogP contribution is -2.63. The number of aliphatic hydroxyl groups excluding tert-OH is 3. The van der Waals surface area contributed by atoms with Crippen LogP contribution in [0.25, 0.3) is 0 Å². The minimum atomic E-state index is -0.364. The maximum Gasteiger partial charge on any atom is 0.0705 e. The molecule has 4 aliphatic carbocycles. The highest BCUT2D eigenvalue weighted by molar-refractivity contribution is 5.28. The predicted molar refractivity (Wildman–Crippen MR) is 114 cm³/mol. The van der Waals surface area contributed by atoms with Gasteiger partial charge in [-0.05, 0) is 87.4 Å². The minimum Gasteiger partial charge on any atom is -0.394 e. The molecule has 0 bridgehead atoms. The lowest BCUT2D eigenvalue weighted by molar-refractivity contribution is -0.206. The summed E-state index contributed by atoms with van der Waals surface area (Å²) in [5.74, 6) is 1.33. The Morgan fingerprint density at radius 3 is 2.52 bits per heavy atom. The molecule has 8 atom stereocenters. The van der Waals surface area contributed by atoms with Crippen molar-refractivity contribution in [2.24, 2.45) is 34.0 Å². The third-order valence-electron chi connectivity index (χ3n) is 10.4. The molecule has 3 N–H and O–H groups in total. The van der Waals surface area contributed by atoms with Gasteiger partial charge in [0.2, 0.25) is 0 Å². The van der Waals surface area contributed by atoms with Gasteiger partial charge in [-0.3, -0.25) is 0 Å². The summed E-state index contributed by atoms with van der Waals surface area (Å²) in [6.07, 6.45) is 8.77. The number of rotatable bonds is 4. The van der Waals surface area contributed by atoms with Gasteiger partial charge in [-0.15, -0.1) is 0 Å². The van der Waals surface area contributed by atoms with Gasteiger partial charge < -0.3 is 20.1 Å². The summed E-state index contributed by atoms with van der Waals surface area (Å²) >= 11 is 0. The van der Waals surface area contributed by atoms with Crippen molar-refractivity contribution in [3.05, 3.63) is 11.6 Å². The second-order valence-electron chi connectivity index (χ2n) is 11.7. The first-order valence-electron chi connectivity index (χ1n) is 11.8. The SMILES string of the molecule is CC(C)(OCCO)C1CC[C@]2(C)C3CC=C4C[C@@H](O)CC[C@]4(C)C3C[C@@H](O)[C@]12C. The van der Waals surface area contributed by atoms with Gasteiger partial charge in [-0.1, -0.05) is 32.4 Å². The van der Waals surface area contributed by atoms with Crippen LogP contribution in [-0.2, 0) is 4.74 Å². The number of aliphatic hydroxyl groups is 3. The lowest BCUT2D eigenvalue weighted by Gasteiger charge is -2.64. The summed E-state index contributed by atoms with van der Waals surface area (Å²) in [5, 5.41) is 31.2. The molecule has 4 heteroatoms. The number of hydrogen-bond donors (Lipinski definition) is 3. The van der Waals surface area contributed by atoms with Crippen LogP contribution in [0.1, 0.15) is 79.6 Å². The number of allylic oxidation sites excluding steroid dienone is 1. The minimum absolute atomic E-state index is 0.0369. The first-order valence-corrected chi connectivity index (χ1v) is 11.8. The van der Waals surface area contributed by atoms with Gasteiger partial charge in [-0.25, -0.2) is 0 Å². The molecule has 0 radical (unpaired) electrons. The van der Waals surface area contributed by atoms with Gasteiger partial charge in [0.15, 0.2) is 0 Å². The van der Waals surface area contributed by atoms with Crippen LogP contribution in [0.5, 0.6) is 0 Å². The van der Waals surface area contributed by atoms with Crippen LogP contribution in [0.4, 0.5) is 0 Å². The predicted octanol–water partition coefficient (Wildman–Crippen LogP) is 4.07. The molecular weight excluding hydrogens is 364 g/mol. The molecule has 0 aromatic carbocycles. The monoisotopic (exact) mass is 406 g/mol. The summed E-state index contributed by atoms with van der Waals surface area (Å²) in [7, 11) is 0. The number of ether oxygens (including phenoxy) is 1. The van der Waals surface area contributed by atoms with Gasteiger partial charge in [0.05, 0.1) is 31.0 Å². The number of hydrogen-bond acceptors (Lipinski definition) is 4. The molecule has 0 spiro atoms. The van der Waals surface area contributed by atoms with Crippen LogP contribution in [0, 0.1) is 34.0 Å². The molecule has 29 heavy (non-hydrogen) atoms. The third kappa shape index (κ3) is 2.92. The smallest absolute Gasteiger partial charge is 0.0705 e. The van der Waals surface area contributed by atoms with E-state index in [1.807, 2.05) is 0 Å². The molecule has 0 aliphatic heterocycles. The zero-order valence-electron chi connectivity index (χ0n) is 19.1. The fourth-order valence-corrected chi connectivity index (χ4v) is 8.54. The topological polar surface area (TPSA) is 69.9 Å². The molecule has 3 unspecified atom stereocenters.